The average molecular weight is 1970 g/mol. The number of aryl methyl sites for hydroxylation is 11. The van der Waals surface area contributed by atoms with E-state index in [9.17, 15) is 0 Å². The summed E-state index contributed by atoms with van der Waals surface area (Å²) < 4.78 is 0. The Labute approximate surface area is 891 Å². The van der Waals surface area contributed by atoms with Crippen molar-refractivity contribution in [2.45, 2.75) is 517 Å². The minimum Gasteiger partial charge on any atom is -0.264 e. The third-order valence-electron chi connectivity index (χ3n) is 19.3. The predicted molar refractivity (Wildman–Crippen MR) is 649 cm³/mol. The molecule has 0 radical (unpaired) electrons. The third kappa shape index (κ3) is 77.8. The maximum Gasteiger partial charge on any atom is 0.0486 e. The average Bonchev–Trinajstić information content (AvgIpc) is 0.842. The summed E-state index contributed by atoms with van der Waals surface area (Å²) in [5, 5.41) is 0. The van der Waals surface area contributed by atoms with Crippen LogP contribution in [0.1, 0.15) is 504 Å². The zero-order valence-corrected chi connectivity index (χ0v) is 106. The summed E-state index contributed by atoms with van der Waals surface area (Å²) in [5.41, 5.74) is 29.5. The number of rotatable bonds is 0. The molecule has 11 aromatic rings. The highest BCUT2D eigenvalue weighted by molar-refractivity contribution is 5.32. The highest BCUT2D eigenvalue weighted by Gasteiger charge is 2.22. The topological polar surface area (TPSA) is 142 Å². The van der Waals surface area contributed by atoms with Gasteiger partial charge in [0.05, 0.1) is 0 Å². The lowest BCUT2D eigenvalue weighted by molar-refractivity contribution is 0.564. The molecular formula is C132H231N11. The van der Waals surface area contributed by atoms with E-state index in [1.807, 2.05) is 285 Å². The zero-order chi connectivity index (χ0) is 115. The molecule has 0 amide bonds. The summed E-state index contributed by atoms with van der Waals surface area (Å²) in [6.45, 7) is 139. The van der Waals surface area contributed by atoms with Gasteiger partial charge in [-0.3, -0.25) is 54.8 Å². The molecule has 0 saturated carbocycles. The van der Waals surface area contributed by atoms with Crippen LogP contribution in [-0.4, -0.2) is 54.8 Å². The molecule has 0 bridgehead atoms. The van der Waals surface area contributed by atoms with E-state index in [1.54, 1.807) is 0 Å². The normalized spacial score (nSPS) is 10.3. The van der Waals surface area contributed by atoms with Crippen LogP contribution in [0.2, 0.25) is 0 Å². The van der Waals surface area contributed by atoms with Gasteiger partial charge in [0.2, 0.25) is 0 Å². The van der Waals surface area contributed by atoms with Gasteiger partial charge in [-0.1, -0.05) is 417 Å². The number of pyridine rings is 11. The van der Waals surface area contributed by atoms with Gasteiger partial charge < -0.3 is 0 Å². The molecule has 0 aliphatic rings. The van der Waals surface area contributed by atoms with Gasteiger partial charge >= 0.3 is 0 Å². The van der Waals surface area contributed by atoms with E-state index in [2.05, 4.69) is 429 Å². The van der Waals surface area contributed by atoms with Crippen molar-refractivity contribution in [3.8, 4) is 0 Å². The molecule has 11 heteroatoms. The first kappa shape index (κ1) is 156. The molecule has 0 saturated heterocycles. The van der Waals surface area contributed by atoms with Gasteiger partial charge in [-0.05, 0) is 271 Å². The Morgan fingerprint density at radius 1 is 0.175 bits per heavy atom. The van der Waals surface area contributed by atoms with E-state index < -0.39 is 0 Å². The van der Waals surface area contributed by atoms with Crippen molar-refractivity contribution in [2.75, 3.05) is 0 Å². The Bertz CT molecular complexity index is 4180. The quantitative estimate of drug-likeness (QED) is 0.143. The van der Waals surface area contributed by atoms with Gasteiger partial charge in [-0.15, -0.1) is 0 Å². The van der Waals surface area contributed by atoms with Gasteiger partial charge in [-0.2, -0.15) is 0 Å². The highest BCUT2D eigenvalue weighted by atomic mass is 14.7. The number of nitrogens with zero attached hydrogens (tertiary/aromatic N) is 11. The van der Waals surface area contributed by atoms with E-state index in [0.717, 1.165) is 45.6 Å². The van der Waals surface area contributed by atoms with Gasteiger partial charge in [0, 0.05) is 153 Å². The van der Waals surface area contributed by atoms with E-state index in [0.29, 0.717) is 0 Å². The van der Waals surface area contributed by atoms with Crippen molar-refractivity contribution in [2.24, 2.45) is 0 Å². The smallest absolute Gasteiger partial charge is 0.0486 e. The summed E-state index contributed by atoms with van der Waals surface area (Å²) in [7, 11) is 0. The molecular weight excluding hydrogens is 1740 g/mol. The SMILES string of the molecule is CC.CC.CC.CC.CC.CC.CC.CC.CC.CC.CC.Cc1cc(C(C)(C)C)ccn1.Cc1cc(C(C)(C)C)ccn1.Cc1ccc(C(C)(C)C)cn1.Cc1ccc(C(C)(C)C)nc1.Cc1cccc(C(C)(C)C)n1.Cc1cccnc1C(C)(C)C.Cc1ccnc(C(C)(C)C)c1.Cc1ccncc1C(C)(C)C.Cc1cncc(C(C)(C)C)c1.Cc1cnccc1C(C)(C)C.Cc1ncccc1C(C)(C)C. The molecule has 0 aliphatic heterocycles. The largest absolute Gasteiger partial charge is 0.264 e. The standard InChI is InChI=1S/11C10H15N.11C2H6/c1-8-5-9(7-11-6-8)10(2,3)4;1-8-7-11-6-5-9(8)10(2,3)4;2*1-8-7-9(5-6-11-8)10(2,3)4;1-8-5-6-11-7-9(8)10(2,3)4;1-8-5-6-9(7-11-8)10(2,3)4;1-8-5-6-11-9(7-8)10(2,3)4;1-8-5-6-9(11-7-8)10(2,3)4;1-8-9(10(2,3)4)6-5-7-11-8;1-8-6-5-7-11-9(8)10(2,3)4;1-8-6-5-7-9(11-8)10(2,3)4;11*1-2/h11*5-7H,1-4H3;11*1-2H3. The minimum atomic E-state index is 0.172. The summed E-state index contributed by atoms with van der Waals surface area (Å²) in [6, 6.07) is 41.7. The summed E-state index contributed by atoms with van der Waals surface area (Å²) in [5.74, 6) is 0. The fourth-order valence-corrected chi connectivity index (χ4v) is 11.8. The zero-order valence-electron chi connectivity index (χ0n) is 106. The molecule has 0 spiro atoms. The number of aromatic nitrogens is 11. The molecule has 11 aromatic heterocycles. The van der Waals surface area contributed by atoms with E-state index in [1.165, 1.54) is 78.0 Å². The fourth-order valence-electron chi connectivity index (χ4n) is 11.8. The molecule has 143 heavy (non-hydrogen) atoms. The third-order valence-corrected chi connectivity index (χ3v) is 19.3. The fraction of sp³-hybridized carbons (Fsp3) is 0.583. The van der Waals surface area contributed by atoms with Crippen molar-refractivity contribution < 1.29 is 0 Å². The van der Waals surface area contributed by atoms with E-state index >= 15 is 0 Å². The van der Waals surface area contributed by atoms with Crippen LogP contribution in [0.4, 0.5) is 0 Å². The Kier molecular flexibility index (Phi) is 90.5. The van der Waals surface area contributed by atoms with Crippen LogP contribution in [0.15, 0.2) is 202 Å². The van der Waals surface area contributed by atoms with Crippen LogP contribution in [0.5, 0.6) is 0 Å². The molecule has 0 aromatic carbocycles. The van der Waals surface area contributed by atoms with E-state index in [4.69, 9.17) is 0 Å². The molecule has 11 rings (SSSR count). The van der Waals surface area contributed by atoms with Crippen molar-refractivity contribution >= 4 is 0 Å². The maximum absolute atomic E-state index is 4.44. The predicted octanol–water partition coefficient (Wildman–Crippen LogP) is 40.9. The first-order valence-electron chi connectivity index (χ1n) is 54.2. The molecule has 0 fully saturated rings. The maximum atomic E-state index is 4.44. The van der Waals surface area contributed by atoms with Gasteiger partial charge in [-0.25, -0.2) is 0 Å². The van der Waals surface area contributed by atoms with Gasteiger partial charge in [0.25, 0.3) is 0 Å². The molecule has 0 unspecified atom stereocenters. The molecule has 11 heterocycles. The first-order valence-corrected chi connectivity index (χ1v) is 54.2. The van der Waals surface area contributed by atoms with E-state index in [-0.39, 0.29) is 59.6 Å². The van der Waals surface area contributed by atoms with Crippen LogP contribution in [0, 0.1) is 76.2 Å². The monoisotopic (exact) mass is 1970 g/mol. The lowest BCUT2D eigenvalue weighted by atomic mass is 9.85. The summed E-state index contributed by atoms with van der Waals surface area (Å²) in [6.07, 6.45) is 24.6. The van der Waals surface area contributed by atoms with Crippen LogP contribution in [0.25, 0.3) is 0 Å². The Balaban J connectivity index is -0.000000146. The second-order valence-corrected chi connectivity index (χ2v) is 43.4. The number of hydrogen-bond acceptors (Lipinski definition) is 11. The Morgan fingerprint density at radius 3 is 0.867 bits per heavy atom. The molecule has 0 N–H and O–H groups in total. The summed E-state index contributed by atoms with van der Waals surface area (Å²) in [4.78, 5) is 46.6. The Morgan fingerprint density at radius 2 is 0.587 bits per heavy atom. The second-order valence-electron chi connectivity index (χ2n) is 43.4. The van der Waals surface area contributed by atoms with Crippen molar-refractivity contribution in [3.05, 3.63) is 325 Å². The van der Waals surface area contributed by atoms with Crippen molar-refractivity contribution in [1.82, 2.24) is 54.8 Å². The summed E-state index contributed by atoms with van der Waals surface area (Å²) >= 11 is 0. The lowest BCUT2D eigenvalue weighted by Crippen LogP contribution is -2.14. The van der Waals surface area contributed by atoms with Crippen LogP contribution in [-0.2, 0) is 59.6 Å². The Hall–Kier alpha value is -9.35. The molecule has 0 aliphatic carbocycles. The van der Waals surface area contributed by atoms with Crippen LogP contribution < -0.4 is 0 Å². The van der Waals surface area contributed by atoms with Gasteiger partial charge in [0.1, 0.15) is 0 Å². The van der Waals surface area contributed by atoms with Crippen LogP contribution in [0.3, 0.4) is 0 Å². The number of hydrogen-bond donors (Lipinski definition) is 0. The van der Waals surface area contributed by atoms with Crippen LogP contribution >= 0.6 is 0 Å². The molecule has 814 valence electrons. The minimum absolute atomic E-state index is 0.172. The lowest BCUT2D eigenvalue weighted by Gasteiger charge is -2.20. The second kappa shape index (κ2) is 82.8. The van der Waals surface area contributed by atoms with Crippen molar-refractivity contribution in [3.63, 3.8) is 0 Å². The first-order chi connectivity index (χ1) is 66.1. The van der Waals surface area contributed by atoms with Gasteiger partial charge in [0.15, 0.2) is 0 Å². The van der Waals surface area contributed by atoms with Crippen molar-refractivity contribution in [1.29, 1.82) is 0 Å². The molecule has 11 nitrogen and oxygen atoms in total. The molecule has 0 atom stereocenters. The highest BCUT2D eigenvalue weighted by Crippen LogP contribution is 2.30.